The fourth-order valence-electron chi connectivity index (χ4n) is 2.55. The van der Waals surface area contributed by atoms with Crippen molar-refractivity contribution >= 4 is 6.16 Å². The third-order valence-electron chi connectivity index (χ3n) is 4.07. The molecule has 138 valence electrons. The fraction of sp³-hybridized carbons (Fsp3) is 0.950. The van der Waals surface area contributed by atoms with Crippen LogP contribution in [0.15, 0.2) is 0 Å². The standard InChI is InChI=1S/C20H40O3/c1-5-6-7-8-9-10-11-12-13-14-15-19(4)17-23-20(21)22-16-18(2)3/h18-19H,5-17H2,1-4H3. The van der Waals surface area contributed by atoms with E-state index in [9.17, 15) is 4.79 Å². The molecule has 0 aliphatic rings. The summed E-state index contributed by atoms with van der Waals surface area (Å²) in [5.41, 5.74) is 0. The van der Waals surface area contributed by atoms with Crippen LogP contribution in [-0.2, 0) is 9.47 Å². The lowest BCUT2D eigenvalue weighted by Crippen LogP contribution is -2.15. The first-order chi connectivity index (χ1) is 11.1. The van der Waals surface area contributed by atoms with Gasteiger partial charge in [0.15, 0.2) is 0 Å². The van der Waals surface area contributed by atoms with Gasteiger partial charge < -0.3 is 9.47 Å². The van der Waals surface area contributed by atoms with E-state index in [0.717, 1.165) is 6.42 Å². The maximum absolute atomic E-state index is 11.3. The van der Waals surface area contributed by atoms with E-state index in [2.05, 4.69) is 13.8 Å². The Hall–Kier alpha value is -0.730. The molecule has 1 unspecified atom stereocenters. The van der Waals surface area contributed by atoms with Crippen LogP contribution in [0.1, 0.15) is 98.3 Å². The van der Waals surface area contributed by atoms with Crippen LogP contribution in [0.5, 0.6) is 0 Å². The number of carbonyl (C=O) groups is 1. The monoisotopic (exact) mass is 328 g/mol. The van der Waals surface area contributed by atoms with Crippen LogP contribution in [0.3, 0.4) is 0 Å². The molecule has 3 heteroatoms. The van der Waals surface area contributed by atoms with Crippen LogP contribution in [0.4, 0.5) is 4.79 Å². The molecule has 0 rings (SSSR count). The first-order valence-electron chi connectivity index (χ1n) is 9.85. The summed E-state index contributed by atoms with van der Waals surface area (Å²) in [6.07, 6.45) is 14.2. The molecule has 0 spiro atoms. The summed E-state index contributed by atoms with van der Waals surface area (Å²) in [6.45, 7) is 9.35. The van der Waals surface area contributed by atoms with E-state index in [1.165, 1.54) is 64.2 Å². The van der Waals surface area contributed by atoms with E-state index in [-0.39, 0.29) is 0 Å². The van der Waals surface area contributed by atoms with Gasteiger partial charge in [0.1, 0.15) is 0 Å². The van der Waals surface area contributed by atoms with Crippen molar-refractivity contribution in [2.24, 2.45) is 11.8 Å². The highest BCUT2D eigenvalue weighted by molar-refractivity contribution is 5.59. The first-order valence-corrected chi connectivity index (χ1v) is 9.85. The minimum absolute atomic E-state index is 0.353. The van der Waals surface area contributed by atoms with Crippen molar-refractivity contribution < 1.29 is 14.3 Å². The molecule has 1 atom stereocenters. The zero-order valence-corrected chi connectivity index (χ0v) is 16.1. The fourth-order valence-corrected chi connectivity index (χ4v) is 2.55. The summed E-state index contributed by atoms with van der Waals surface area (Å²) >= 11 is 0. The van der Waals surface area contributed by atoms with Gasteiger partial charge in [-0.25, -0.2) is 4.79 Å². The lowest BCUT2D eigenvalue weighted by molar-refractivity contribution is 0.0380. The van der Waals surface area contributed by atoms with E-state index < -0.39 is 6.16 Å². The average Bonchev–Trinajstić information content (AvgIpc) is 2.52. The molecule has 23 heavy (non-hydrogen) atoms. The van der Waals surface area contributed by atoms with Crippen molar-refractivity contribution in [1.29, 1.82) is 0 Å². The lowest BCUT2D eigenvalue weighted by Gasteiger charge is -2.12. The highest BCUT2D eigenvalue weighted by Gasteiger charge is 2.09. The molecule has 0 aromatic heterocycles. The van der Waals surface area contributed by atoms with Crippen LogP contribution in [0, 0.1) is 11.8 Å². The Morgan fingerprint density at radius 2 is 1.22 bits per heavy atom. The molecule has 0 aliphatic heterocycles. The third kappa shape index (κ3) is 17.5. The topological polar surface area (TPSA) is 35.5 Å². The van der Waals surface area contributed by atoms with Gasteiger partial charge in [-0.15, -0.1) is 0 Å². The Kier molecular flexibility index (Phi) is 15.6. The van der Waals surface area contributed by atoms with Gasteiger partial charge >= 0.3 is 6.16 Å². The molecule has 0 N–H and O–H groups in total. The van der Waals surface area contributed by atoms with Gasteiger partial charge in [-0.2, -0.15) is 0 Å². The number of unbranched alkanes of at least 4 members (excludes halogenated alkanes) is 9. The highest BCUT2D eigenvalue weighted by atomic mass is 16.7. The first kappa shape index (κ1) is 22.3. The molecule has 0 aromatic carbocycles. The maximum atomic E-state index is 11.3. The minimum Gasteiger partial charge on any atom is -0.434 e. The Morgan fingerprint density at radius 1 is 0.739 bits per heavy atom. The van der Waals surface area contributed by atoms with Crippen molar-refractivity contribution in [2.75, 3.05) is 13.2 Å². The summed E-state index contributed by atoms with van der Waals surface area (Å²) in [5, 5.41) is 0. The molecule has 0 saturated carbocycles. The molecular weight excluding hydrogens is 288 g/mol. The number of rotatable bonds is 15. The summed E-state index contributed by atoms with van der Waals surface area (Å²) in [4.78, 5) is 11.3. The normalized spacial score (nSPS) is 12.4. The second-order valence-electron chi connectivity index (χ2n) is 7.34. The van der Waals surface area contributed by atoms with Crippen molar-refractivity contribution in [1.82, 2.24) is 0 Å². The summed E-state index contributed by atoms with van der Waals surface area (Å²) in [7, 11) is 0. The smallest absolute Gasteiger partial charge is 0.434 e. The maximum Gasteiger partial charge on any atom is 0.508 e. The van der Waals surface area contributed by atoms with Crippen molar-refractivity contribution in [3.05, 3.63) is 0 Å². The van der Waals surface area contributed by atoms with Crippen molar-refractivity contribution in [2.45, 2.75) is 98.3 Å². The zero-order valence-electron chi connectivity index (χ0n) is 16.1. The minimum atomic E-state index is -0.520. The number of carbonyl (C=O) groups excluding carboxylic acids is 1. The second-order valence-corrected chi connectivity index (χ2v) is 7.34. The van der Waals surface area contributed by atoms with Gasteiger partial charge in [-0.1, -0.05) is 91.9 Å². The van der Waals surface area contributed by atoms with E-state index in [0.29, 0.717) is 25.0 Å². The zero-order chi connectivity index (χ0) is 17.3. The highest BCUT2D eigenvalue weighted by Crippen LogP contribution is 2.14. The Bertz CT molecular complexity index is 264. The van der Waals surface area contributed by atoms with E-state index in [4.69, 9.17) is 9.47 Å². The SMILES string of the molecule is CCCCCCCCCCCCC(C)COC(=O)OCC(C)C. The van der Waals surface area contributed by atoms with E-state index in [1.54, 1.807) is 0 Å². The lowest BCUT2D eigenvalue weighted by atomic mass is 10.0. The van der Waals surface area contributed by atoms with Gasteiger partial charge in [0.05, 0.1) is 13.2 Å². The Balaban J connectivity index is 3.30. The van der Waals surface area contributed by atoms with Crippen LogP contribution in [0.25, 0.3) is 0 Å². The average molecular weight is 329 g/mol. The van der Waals surface area contributed by atoms with E-state index >= 15 is 0 Å². The van der Waals surface area contributed by atoms with E-state index in [1.807, 2.05) is 13.8 Å². The second kappa shape index (κ2) is 16.1. The Labute approximate surface area is 144 Å². The summed E-state index contributed by atoms with van der Waals surface area (Å²) in [6, 6.07) is 0. The van der Waals surface area contributed by atoms with Crippen molar-refractivity contribution in [3.63, 3.8) is 0 Å². The van der Waals surface area contributed by atoms with Gasteiger partial charge in [-0.05, 0) is 18.3 Å². The van der Waals surface area contributed by atoms with Gasteiger partial charge in [0.25, 0.3) is 0 Å². The molecule has 0 aliphatic carbocycles. The third-order valence-corrected chi connectivity index (χ3v) is 4.07. The molecule has 0 saturated heterocycles. The van der Waals surface area contributed by atoms with Gasteiger partial charge in [0, 0.05) is 0 Å². The molecular formula is C20H40O3. The van der Waals surface area contributed by atoms with Gasteiger partial charge in [-0.3, -0.25) is 0 Å². The van der Waals surface area contributed by atoms with Crippen LogP contribution >= 0.6 is 0 Å². The van der Waals surface area contributed by atoms with Crippen LogP contribution < -0.4 is 0 Å². The predicted octanol–water partition coefficient (Wildman–Crippen LogP) is 6.74. The quantitative estimate of drug-likeness (QED) is 0.246. The van der Waals surface area contributed by atoms with Crippen LogP contribution in [0.2, 0.25) is 0 Å². The van der Waals surface area contributed by atoms with Crippen LogP contribution in [-0.4, -0.2) is 19.4 Å². The predicted molar refractivity (Wildman–Crippen MR) is 97.8 cm³/mol. The Morgan fingerprint density at radius 3 is 1.74 bits per heavy atom. The molecule has 0 radical (unpaired) electrons. The number of ether oxygens (including phenoxy) is 2. The molecule has 3 nitrogen and oxygen atoms in total. The summed E-state index contributed by atoms with van der Waals surface area (Å²) in [5.74, 6) is 0.780. The largest absolute Gasteiger partial charge is 0.508 e. The summed E-state index contributed by atoms with van der Waals surface area (Å²) < 4.78 is 10.1. The number of hydrogen-bond donors (Lipinski definition) is 0. The van der Waals surface area contributed by atoms with Gasteiger partial charge in [0.2, 0.25) is 0 Å². The number of hydrogen-bond acceptors (Lipinski definition) is 3. The molecule has 0 bridgehead atoms. The molecule has 0 fully saturated rings. The molecule has 0 heterocycles. The molecule has 0 amide bonds. The molecule has 0 aromatic rings. The van der Waals surface area contributed by atoms with Crippen molar-refractivity contribution in [3.8, 4) is 0 Å².